The summed E-state index contributed by atoms with van der Waals surface area (Å²) in [7, 11) is -3.16. The molecular formula is C31H27NO5S2. The molecule has 198 valence electrons. The summed E-state index contributed by atoms with van der Waals surface area (Å²) in [4.78, 5) is 27.8. The third-order valence-electron chi connectivity index (χ3n) is 6.60. The Labute approximate surface area is 231 Å². The molecule has 0 bridgehead atoms. The lowest BCUT2D eigenvalue weighted by atomic mass is 10.00. The molecule has 0 saturated carbocycles. The normalized spacial score (nSPS) is 16.1. The highest BCUT2D eigenvalue weighted by molar-refractivity contribution is 8.72. The number of amides is 1. The zero-order valence-corrected chi connectivity index (χ0v) is 22.9. The number of likely N-dealkylation sites (tertiary alicyclic amines) is 1. The molecule has 1 fully saturated rings. The number of esters is 1. The van der Waals surface area contributed by atoms with Crippen LogP contribution in [0.3, 0.4) is 0 Å². The molecular weight excluding hydrogens is 530 g/mol. The van der Waals surface area contributed by atoms with Gasteiger partial charge in [-0.25, -0.2) is 13.2 Å². The first-order valence-electron chi connectivity index (χ1n) is 12.4. The molecule has 8 heteroatoms. The lowest BCUT2D eigenvalue weighted by Crippen LogP contribution is -2.59. The predicted molar refractivity (Wildman–Crippen MR) is 153 cm³/mol. The van der Waals surface area contributed by atoms with Crippen LogP contribution in [0.15, 0.2) is 120 Å². The van der Waals surface area contributed by atoms with Gasteiger partial charge in [-0.3, -0.25) is 4.79 Å². The number of nitrogens with zero attached hydrogens (tertiary/aromatic N) is 1. The highest BCUT2D eigenvalue weighted by Gasteiger charge is 2.48. The van der Waals surface area contributed by atoms with E-state index in [0.29, 0.717) is 16.4 Å². The maximum absolute atomic E-state index is 13.6. The van der Waals surface area contributed by atoms with E-state index in [1.165, 1.54) is 4.90 Å². The van der Waals surface area contributed by atoms with Crippen molar-refractivity contribution in [3.8, 4) is 0 Å². The van der Waals surface area contributed by atoms with Crippen LogP contribution in [0.1, 0.15) is 30.6 Å². The van der Waals surface area contributed by atoms with Crippen LogP contribution in [0.2, 0.25) is 0 Å². The first-order chi connectivity index (χ1) is 18.7. The SMILES string of the molecule is C=C(C)[C@H](C(=O)OC(c1ccccc1)c1ccccc1)N1C(=O)C[C@H]1SS(=O)(=O)c1ccc2ccccc2c1. The van der Waals surface area contributed by atoms with Crippen molar-refractivity contribution in [3.63, 3.8) is 0 Å². The van der Waals surface area contributed by atoms with E-state index >= 15 is 0 Å². The Morgan fingerprint density at radius 3 is 2.03 bits per heavy atom. The highest BCUT2D eigenvalue weighted by atomic mass is 33.1. The molecule has 1 aliphatic rings. The molecule has 0 unspecified atom stereocenters. The van der Waals surface area contributed by atoms with Crippen molar-refractivity contribution in [1.82, 2.24) is 4.90 Å². The Kier molecular flexibility index (Phi) is 7.59. The molecule has 1 saturated heterocycles. The average Bonchev–Trinajstić information content (AvgIpc) is 2.94. The Bertz CT molecular complexity index is 1600. The molecule has 0 spiro atoms. The van der Waals surface area contributed by atoms with E-state index in [2.05, 4.69) is 6.58 Å². The molecule has 1 aliphatic heterocycles. The topological polar surface area (TPSA) is 80.8 Å². The lowest BCUT2D eigenvalue weighted by Gasteiger charge is -2.44. The van der Waals surface area contributed by atoms with Crippen molar-refractivity contribution >= 4 is 42.3 Å². The van der Waals surface area contributed by atoms with Gasteiger partial charge < -0.3 is 9.64 Å². The van der Waals surface area contributed by atoms with Crippen LogP contribution in [0.25, 0.3) is 10.8 Å². The van der Waals surface area contributed by atoms with Crippen molar-refractivity contribution in [3.05, 3.63) is 126 Å². The Morgan fingerprint density at radius 2 is 1.46 bits per heavy atom. The van der Waals surface area contributed by atoms with E-state index in [-0.39, 0.29) is 17.2 Å². The standard InChI is InChI=1S/C31H27NO5S2/c1-21(2)29(31(34)37-30(23-12-5-3-6-13-23)24-14-7-4-8-15-24)32-27(33)20-28(32)38-39(35,36)26-18-17-22-11-9-10-16-25(22)19-26/h3-19,28-30H,1,20H2,2H3/t28-,29-/m1/s1. The minimum absolute atomic E-state index is 0.00463. The van der Waals surface area contributed by atoms with Gasteiger partial charge in [0.25, 0.3) is 0 Å². The molecule has 5 rings (SSSR count). The van der Waals surface area contributed by atoms with Crippen LogP contribution in [-0.2, 0) is 23.2 Å². The van der Waals surface area contributed by atoms with E-state index in [4.69, 9.17) is 4.74 Å². The van der Waals surface area contributed by atoms with Gasteiger partial charge in [0.15, 0.2) is 12.1 Å². The van der Waals surface area contributed by atoms with Gasteiger partial charge in [0.05, 0.1) is 11.3 Å². The summed E-state index contributed by atoms with van der Waals surface area (Å²) in [6.07, 6.45) is -0.708. The summed E-state index contributed by atoms with van der Waals surface area (Å²) in [5, 5.41) is 0.977. The summed E-state index contributed by atoms with van der Waals surface area (Å²) in [6, 6.07) is 30.0. The van der Waals surface area contributed by atoms with Gasteiger partial charge in [0.1, 0.15) is 5.37 Å². The smallest absolute Gasteiger partial charge is 0.334 e. The van der Waals surface area contributed by atoms with Gasteiger partial charge >= 0.3 is 5.97 Å². The van der Waals surface area contributed by atoms with Crippen LogP contribution in [0.4, 0.5) is 0 Å². The quantitative estimate of drug-likeness (QED) is 0.107. The molecule has 39 heavy (non-hydrogen) atoms. The molecule has 0 aliphatic carbocycles. The number of rotatable bonds is 9. The second-order valence-electron chi connectivity index (χ2n) is 9.41. The van der Waals surface area contributed by atoms with Gasteiger partial charge in [-0.05, 0) is 57.3 Å². The maximum atomic E-state index is 13.6. The van der Waals surface area contributed by atoms with Gasteiger partial charge in [-0.2, -0.15) is 0 Å². The minimum Gasteiger partial charge on any atom is -0.451 e. The van der Waals surface area contributed by atoms with Crippen LogP contribution >= 0.6 is 10.8 Å². The molecule has 6 nitrogen and oxygen atoms in total. The second-order valence-corrected chi connectivity index (χ2v) is 13.4. The molecule has 0 radical (unpaired) electrons. The number of ether oxygens (including phenoxy) is 1. The van der Waals surface area contributed by atoms with Gasteiger partial charge in [0, 0.05) is 0 Å². The third kappa shape index (κ3) is 5.62. The number of carbonyl (C=O) groups excluding carboxylic acids is 2. The largest absolute Gasteiger partial charge is 0.451 e. The number of benzene rings is 4. The number of hydrogen-bond donors (Lipinski definition) is 0. The highest BCUT2D eigenvalue weighted by Crippen LogP contribution is 2.40. The fourth-order valence-corrected chi connectivity index (χ4v) is 8.09. The maximum Gasteiger partial charge on any atom is 0.334 e. The monoisotopic (exact) mass is 557 g/mol. The first-order valence-corrected chi connectivity index (χ1v) is 15.3. The zero-order valence-electron chi connectivity index (χ0n) is 21.3. The first kappa shape index (κ1) is 26.7. The second kappa shape index (κ2) is 11.1. The summed E-state index contributed by atoms with van der Waals surface area (Å²) in [5.74, 6) is -0.996. The Hall–Kier alpha value is -3.88. The van der Waals surface area contributed by atoms with Crippen LogP contribution < -0.4 is 0 Å². The van der Waals surface area contributed by atoms with Crippen LogP contribution in [0.5, 0.6) is 0 Å². The predicted octanol–water partition coefficient (Wildman–Crippen LogP) is 6.10. The van der Waals surface area contributed by atoms with Crippen molar-refractivity contribution in [2.45, 2.75) is 35.8 Å². The molecule has 2 atom stereocenters. The fraction of sp³-hybridized carbons (Fsp3) is 0.161. The Balaban J connectivity index is 1.39. The molecule has 4 aromatic rings. The van der Waals surface area contributed by atoms with E-state index in [9.17, 15) is 18.0 Å². The van der Waals surface area contributed by atoms with E-state index < -0.39 is 32.4 Å². The minimum atomic E-state index is -3.82. The number of carbonyl (C=O) groups is 2. The third-order valence-corrected chi connectivity index (χ3v) is 10.3. The lowest BCUT2D eigenvalue weighted by molar-refractivity contribution is -0.162. The zero-order chi connectivity index (χ0) is 27.6. The number of hydrogen-bond acceptors (Lipinski definition) is 6. The molecule has 0 aromatic heterocycles. The van der Waals surface area contributed by atoms with Crippen molar-refractivity contribution in [1.29, 1.82) is 0 Å². The number of fused-ring (bicyclic) bond motifs is 1. The molecule has 0 N–H and O–H groups in total. The fourth-order valence-electron chi connectivity index (χ4n) is 4.63. The van der Waals surface area contributed by atoms with Crippen molar-refractivity contribution in [2.75, 3.05) is 0 Å². The van der Waals surface area contributed by atoms with Gasteiger partial charge in [-0.1, -0.05) is 97.6 Å². The van der Waals surface area contributed by atoms with Crippen LogP contribution in [0, 0.1) is 0 Å². The van der Waals surface area contributed by atoms with Crippen molar-refractivity contribution < 1.29 is 22.7 Å². The summed E-state index contributed by atoms with van der Waals surface area (Å²) >= 11 is 0. The molecule has 4 aromatic carbocycles. The van der Waals surface area contributed by atoms with Gasteiger partial charge in [-0.15, -0.1) is 0 Å². The summed E-state index contributed by atoms with van der Waals surface area (Å²) < 4.78 is 32.7. The molecule has 1 amide bonds. The summed E-state index contributed by atoms with van der Waals surface area (Å²) in [6.45, 7) is 5.57. The number of β-lactam (4-membered cyclic amide) rings is 1. The van der Waals surface area contributed by atoms with Crippen LogP contribution in [-0.4, -0.2) is 36.6 Å². The van der Waals surface area contributed by atoms with E-state index in [1.807, 2.05) is 84.9 Å². The molecule has 1 heterocycles. The van der Waals surface area contributed by atoms with E-state index in [0.717, 1.165) is 21.9 Å². The van der Waals surface area contributed by atoms with Gasteiger partial charge in [0.2, 0.25) is 14.8 Å². The Morgan fingerprint density at radius 1 is 0.897 bits per heavy atom. The summed E-state index contributed by atoms with van der Waals surface area (Å²) in [5.41, 5.74) is 1.94. The van der Waals surface area contributed by atoms with Crippen molar-refractivity contribution in [2.24, 2.45) is 0 Å². The average molecular weight is 558 g/mol. The van der Waals surface area contributed by atoms with E-state index in [1.54, 1.807) is 25.1 Å².